The van der Waals surface area contributed by atoms with Crippen LogP contribution in [0.2, 0.25) is 0 Å². The van der Waals surface area contributed by atoms with Gasteiger partial charge in [0.25, 0.3) is 5.91 Å². The number of pyridine rings is 1. The molecule has 0 fully saturated rings. The highest BCUT2D eigenvalue weighted by Gasteiger charge is 2.10. The normalized spacial score (nSPS) is 10.4. The number of anilines is 1. The summed E-state index contributed by atoms with van der Waals surface area (Å²) < 4.78 is 7.01. The van der Waals surface area contributed by atoms with Gasteiger partial charge in [0, 0.05) is 18.6 Å². The fourth-order valence-electron chi connectivity index (χ4n) is 2.00. The van der Waals surface area contributed by atoms with E-state index in [1.807, 2.05) is 12.1 Å². The lowest BCUT2D eigenvalue weighted by molar-refractivity contribution is 0.102. The number of para-hydroxylation sites is 2. The number of hydrogen-bond acceptors (Lipinski definition) is 3. The molecule has 0 aliphatic heterocycles. The Balaban J connectivity index is 1.88. The van der Waals surface area contributed by atoms with Crippen molar-refractivity contribution in [3.8, 4) is 5.75 Å². The second-order valence-corrected chi connectivity index (χ2v) is 4.26. The summed E-state index contributed by atoms with van der Waals surface area (Å²) in [6.07, 6.45) is 5.24. The van der Waals surface area contributed by atoms with Crippen LogP contribution in [0.5, 0.6) is 5.75 Å². The van der Waals surface area contributed by atoms with Gasteiger partial charge in [-0.05, 0) is 24.3 Å². The minimum Gasteiger partial charge on any atom is -0.495 e. The summed E-state index contributed by atoms with van der Waals surface area (Å²) >= 11 is 0. The smallest absolute Gasteiger partial charge is 0.257 e. The van der Waals surface area contributed by atoms with E-state index in [1.54, 1.807) is 54.4 Å². The molecule has 0 atom stereocenters. The molecule has 2 heterocycles. The first-order chi connectivity index (χ1) is 9.78. The molecule has 0 aliphatic carbocycles. The lowest BCUT2D eigenvalue weighted by atomic mass is 10.2. The number of ether oxygens (including phenoxy) is 1. The van der Waals surface area contributed by atoms with E-state index in [4.69, 9.17) is 4.74 Å². The highest BCUT2D eigenvalue weighted by atomic mass is 16.5. The number of fused-ring (bicyclic) bond motifs is 1. The van der Waals surface area contributed by atoms with E-state index >= 15 is 0 Å². The molecule has 3 rings (SSSR count). The molecule has 0 saturated heterocycles. The molecule has 1 aromatic carbocycles. The minimum absolute atomic E-state index is 0.190. The summed E-state index contributed by atoms with van der Waals surface area (Å²) in [5.41, 5.74) is 2.01. The van der Waals surface area contributed by atoms with Crippen LogP contribution in [0.3, 0.4) is 0 Å². The van der Waals surface area contributed by atoms with Gasteiger partial charge in [-0.3, -0.25) is 4.79 Å². The van der Waals surface area contributed by atoms with Crippen molar-refractivity contribution in [2.24, 2.45) is 0 Å². The van der Waals surface area contributed by atoms with Gasteiger partial charge in [-0.1, -0.05) is 12.1 Å². The van der Waals surface area contributed by atoms with Crippen LogP contribution >= 0.6 is 0 Å². The number of carbonyl (C=O) groups excluding carboxylic acids is 1. The number of amides is 1. The van der Waals surface area contributed by atoms with E-state index in [2.05, 4.69) is 10.3 Å². The standard InChI is InChI=1S/C15H13N3O2/c1-20-13-5-3-2-4-12(13)17-15(19)11-6-7-14-16-8-9-18(14)10-11/h2-10H,1H3,(H,17,19). The molecule has 1 amide bonds. The van der Waals surface area contributed by atoms with E-state index in [-0.39, 0.29) is 5.91 Å². The Hall–Kier alpha value is -2.82. The van der Waals surface area contributed by atoms with Crippen LogP contribution in [0.4, 0.5) is 5.69 Å². The molecule has 100 valence electrons. The lowest BCUT2D eigenvalue weighted by Crippen LogP contribution is -2.13. The van der Waals surface area contributed by atoms with Crippen molar-refractivity contribution in [2.75, 3.05) is 12.4 Å². The van der Waals surface area contributed by atoms with E-state index in [0.29, 0.717) is 17.0 Å². The van der Waals surface area contributed by atoms with Gasteiger partial charge in [0.05, 0.1) is 18.4 Å². The molecule has 0 saturated carbocycles. The molecule has 0 radical (unpaired) electrons. The van der Waals surface area contributed by atoms with Crippen LogP contribution in [0.25, 0.3) is 5.65 Å². The number of aromatic nitrogens is 2. The zero-order chi connectivity index (χ0) is 13.9. The fraction of sp³-hybridized carbons (Fsp3) is 0.0667. The zero-order valence-corrected chi connectivity index (χ0v) is 10.9. The molecular formula is C15H13N3O2. The van der Waals surface area contributed by atoms with Gasteiger partial charge in [-0.2, -0.15) is 0 Å². The average Bonchev–Trinajstić information content (AvgIpc) is 2.95. The van der Waals surface area contributed by atoms with Crippen molar-refractivity contribution in [1.82, 2.24) is 9.38 Å². The van der Waals surface area contributed by atoms with Gasteiger partial charge in [-0.15, -0.1) is 0 Å². The quantitative estimate of drug-likeness (QED) is 0.793. The summed E-state index contributed by atoms with van der Waals surface area (Å²) in [6.45, 7) is 0. The van der Waals surface area contributed by atoms with Gasteiger partial charge in [0.1, 0.15) is 11.4 Å². The predicted molar refractivity (Wildman–Crippen MR) is 76.1 cm³/mol. The largest absolute Gasteiger partial charge is 0.495 e. The van der Waals surface area contributed by atoms with Crippen molar-refractivity contribution >= 4 is 17.2 Å². The summed E-state index contributed by atoms with van der Waals surface area (Å²) in [6, 6.07) is 10.8. The molecule has 0 unspecified atom stereocenters. The minimum atomic E-state index is -0.190. The van der Waals surface area contributed by atoms with Crippen LogP contribution in [-0.2, 0) is 0 Å². The maximum Gasteiger partial charge on any atom is 0.257 e. The average molecular weight is 267 g/mol. The van der Waals surface area contributed by atoms with E-state index < -0.39 is 0 Å². The molecule has 0 bridgehead atoms. The first-order valence-electron chi connectivity index (χ1n) is 6.15. The van der Waals surface area contributed by atoms with Gasteiger partial charge >= 0.3 is 0 Å². The molecule has 2 aromatic heterocycles. The zero-order valence-electron chi connectivity index (χ0n) is 10.9. The van der Waals surface area contributed by atoms with Crippen LogP contribution in [0, 0.1) is 0 Å². The van der Waals surface area contributed by atoms with Gasteiger partial charge in [-0.25, -0.2) is 4.98 Å². The van der Waals surface area contributed by atoms with E-state index in [1.165, 1.54) is 0 Å². The number of nitrogens with zero attached hydrogens (tertiary/aromatic N) is 2. The summed E-state index contributed by atoms with van der Waals surface area (Å²) in [5, 5.41) is 2.84. The van der Waals surface area contributed by atoms with Crippen LogP contribution in [0.1, 0.15) is 10.4 Å². The Morgan fingerprint density at radius 3 is 2.95 bits per heavy atom. The van der Waals surface area contributed by atoms with E-state index in [9.17, 15) is 4.79 Å². The van der Waals surface area contributed by atoms with E-state index in [0.717, 1.165) is 5.65 Å². The topological polar surface area (TPSA) is 55.6 Å². The fourth-order valence-corrected chi connectivity index (χ4v) is 2.00. The molecule has 0 spiro atoms. The predicted octanol–water partition coefficient (Wildman–Crippen LogP) is 2.60. The second kappa shape index (κ2) is 5.05. The maximum atomic E-state index is 12.2. The molecule has 5 heteroatoms. The number of rotatable bonds is 3. The summed E-state index contributed by atoms with van der Waals surface area (Å²) in [4.78, 5) is 16.4. The van der Waals surface area contributed by atoms with Crippen molar-refractivity contribution in [3.63, 3.8) is 0 Å². The summed E-state index contributed by atoms with van der Waals surface area (Å²) in [5.74, 6) is 0.439. The number of benzene rings is 1. The molecular weight excluding hydrogens is 254 g/mol. The maximum absolute atomic E-state index is 12.2. The highest BCUT2D eigenvalue weighted by molar-refractivity contribution is 6.05. The summed E-state index contributed by atoms with van der Waals surface area (Å²) in [7, 11) is 1.57. The van der Waals surface area contributed by atoms with Crippen LogP contribution in [-0.4, -0.2) is 22.4 Å². The van der Waals surface area contributed by atoms with Gasteiger partial charge in [0.15, 0.2) is 0 Å². The third-order valence-electron chi connectivity index (χ3n) is 3.01. The molecule has 20 heavy (non-hydrogen) atoms. The SMILES string of the molecule is COc1ccccc1NC(=O)c1ccc2nccn2c1. The van der Waals surface area contributed by atoms with Gasteiger partial charge < -0.3 is 14.5 Å². The Morgan fingerprint density at radius 1 is 1.25 bits per heavy atom. The molecule has 0 aliphatic rings. The lowest BCUT2D eigenvalue weighted by Gasteiger charge is -2.09. The second-order valence-electron chi connectivity index (χ2n) is 4.26. The Morgan fingerprint density at radius 2 is 2.10 bits per heavy atom. The number of imidazole rings is 1. The Bertz CT molecular complexity index is 764. The monoisotopic (exact) mass is 267 g/mol. The molecule has 3 aromatic rings. The van der Waals surface area contributed by atoms with Crippen molar-refractivity contribution < 1.29 is 9.53 Å². The first-order valence-corrected chi connectivity index (χ1v) is 6.15. The molecule has 5 nitrogen and oxygen atoms in total. The number of methoxy groups -OCH3 is 1. The Kier molecular flexibility index (Phi) is 3.09. The highest BCUT2D eigenvalue weighted by Crippen LogP contribution is 2.23. The molecule has 1 N–H and O–H groups in total. The van der Waals surface area contributed by atoms with Crippen LogP contribution < -0.4 is 10.1 Å². The third kappa shape index (κ3) is 2.21. The van der Waals surface area contributed by atoms with Crippen molar-refractivity contribution in [1.29, 1.82) is 0 Å². The Labute approximate surface area is 115 Å². The van der Waals surface area contributed by atoms with Crippen molar-refractivity contribution in [3.05, 3.63) is 60.6 Å². The first kappa shape index (κ1) is 12.2. The number of hydrogen-bond donors (Lipinski definition) is 1. The van der Waals surface area contributed by atoms with Gasteiger partial charge in [0.2, 0.25) is 0 Å². The van der Waals surface area contributed by atoms with Crippen molar-refractivity contribution in [2.45, 2.75) is 0 Å². The number of carbonyl (C=O) groups is 1. The van der Waals surface area contributed by atoms with Crippen LogP contribution in [0.15, 0.2) is 55.0 Å². The number of nitrogens with one attached hydrogen (secondary N) is 1. The third-order valence-corrected chi connectivity index (χ3v) is 3.01.